The van der Waals surface area contributed by atoms with E-state index >= 15 is 0 Å². The highest BCUT2D eigenvalue weighted by Crippen LogP contribution is 2.37. The number of nitro groups is 2. The van der Waals surface area contributed by atoms with E-state index in [4.69, 9.17) is 26.4 Å². The first-order valence-corrected chi connectivity index (χ1v) is 15.0. The van der Waals surface area contributed by atoms with Crippen LogP contribution in [-0.2, 0) is 20.9 Å². The molecular weight excluding hydrogens is 700 g/mol. The van der Waals surface area contributed by atoms with Gasteiger partial charge in [-0.2, -0.15) is 5.10 Å². The molecule has 17 heteroatoms. The number of benzene rings is 3. The molecule has 0 radical (unpaired) electrons. The molecule has 0 saturated heterocycles. The fraction of sp³-hybridized carbons (Fsp3) is 0.200. The van der Waals surface area contributed by atoms with Gasteiger partial charge in [0.2, 0.25) is 5.75 Å². The van der Waals surface area contributed by atoms with Crippen LogP contribution in [0.3, 0.4) is 0 Å². The summed E-state index contributed by atoms with van der Waals surface area (Å²) in [5.74, 6) is -0.900. The molecule has 4 rings (SSSR count). The zero-order valence-corrected chi connectivity index (χ0v) is 27.3. The van der Waals surface area contributed by atoms with E-state index < -0.39 is 34.4 Å². The monoisotopic (exact) mass is 726 g/mol. The number of carbonyl (C=O) groups is 2. The van der Waals surface area contributed by atoms with Gasteiger partial charge in [-0.1, -0.05) is 18.2 Å². The predicted molar refractivity (Wildman–Crippen MR) is 177 cm³/mol. The van der Waals surface area contributed by atoms with Crippen LogP contribution in [0.15, 0.2) is 81.5 Å². The van der Waals surface area contributed by atoms with Crippen LogP contribution in [-0.4, -0.2) is 46.3 Å². The van der Waals surface area contributed by atoms with Crippen molar-refractivity contribution >= 4 is 62.7 Å². The minimum absolute atomic E-state index is 0.0539. The Balaban J connectivity index is 1.41. The van der Waals surface area contributed by atoms with Crippen molar-refractivity contribution in [2.24, 2.45) is 5.10 Å². The van der Waals surface area contributed by atoms with Crippen LogP contribution in [0, 0.1) is 20.2 Å². The highest BCUT2D eigenvalue weighted by molar-refractivity contribution is 9.10. The van der Waals surface area contributed by atoms with Crippen molar-refractivity contribution in [3.63, 3.8) is 0 Å². The van der Waals surface area contributed by atoms with Crippen LogP contribution in [0.2, 0.25) is 0 Å². The molecule has 0 spiro atoms. The Morgan fingerprint density at radius 3 is 2.49 bits per heavy atom. The molecule has 3 N–H and O–H groups in total. The maximum atomic E-state index is 12.7. The fourth-order valence-corrected chi connectivity index (χ4v) is 5.29. The van der Waals surface area contributed by atoms with E-state index in [2.05, 4.69) is 37.1 Å². The van der Waals surface area contributed by atoms with E-state index in [1.165, 1.54) is 42.6 Å². The summed E-state index contributed by atoms with van der Waals surface area (Å²) < 4.78 is 16.9. The summed E-state index contributed by atoms with van der Waals surface area (Å²) in [6, 6.07) is 14.4. The van der Waals surface area contributed by atoms with Crippen molar-refractivity contribution in [1.82, 2.24) is 16.1 Å². The van der Waals surface area contributed by atoms with E-state index in [1.807, 2.05) is 0 Å². The zero-order chi connectivity index (χ0) is 34.1. The number of esters is 1. The molecule has 0 unspecified atom stereocenters. The summed E-state index contributed by atoms with van der Waals surface area (Å²) in [5.41, 5.74) is 4.07. The summed E-state index contributed by atoms with van der Waals surface area (Å²) in [4.78, 5) is 46.8. The number of amides is 1. The first-order valence-electron chi connectivity index (χ1n) is 13.8. The second-order valence-electron chi connectivity index (χ2n) is 9.73. The summed E-state index contributed by atoms with van der Waals surface area (Å²) in [7, 11) is 0. The summed E-state index contributed by atoms with van der Waals surface area (Å²) in [5, 5.41) is 32.8. The number of rotatable bonds is 13. The van der Waals surface area contributed by atoms with E-state index in [9.17, 15) is 29.8 Å². The van der Waals surface area contributed by atoms with Crippen LogP contribution in [0.5, 0.6) is 11.5 Å². The highest BCUT2D eigenvalue weighted by Gasteiger charge is 2.32. The van der Waals surface area contributed by atoms with Gasteiger partial charge in [-0.25, -0.2) is 10.2 Å². The molecule has 15 nitrogen and oxygen atoms in total. The van der Waals surface area contributed by atoms with Gasteiger partial charge >= 0.3 is 11.7 Å². The van der Waals surface area contributed by atoms with Crippen LogP contribution >= 0.6 is 28.1 Å². The minimum Gasteiger partial charge on any atom is -0.483 e. The number of hydrazone groups is 1. The first-order chi connectivity index (χ1) is 22.5. The maximum Gasteiger partial charge on any atom is 0.338 e. The molecule has 1 atom stereocenters. The molecule has 1 aliphatic rings. The lowest BCUT2D eigenvalue weighted by Gasteiger charge is -2.30. The smallest absolute Gasteiger partial charge is 0.338 e. The number of nitro benzene ring substituents is 2. The first kappa shape index (κ1) is 34.5. The van der Waals surface area contributed by atoms with Crippen LogP contribution in [0.4, 0.5) is 11.4 Å². The third-order valence-electron chi connectivity index (χ3n) is 6.53. The number of carbonyl (C=O) groups excluding carboxylic acids is 2. The molecule has 0 aromatic heterocycles. The number of thiocarbonyl (C=S) groups is 1. The lowest BCUT2D eigenvalue weighted by Crippen LogP contribution is -2.45. The van der Waals surface area contributed by atoms with E-state index in [-0.39, 0.29) is 40.4 Å². The zero-order valence-electron chi connectivity index (χ0n) is 24.9. The SMILES string of the molecule is CCOC(=O)C1=C(C)NC(=S)N[C@H]1c1ccccc1OCC(=O)NN=Cc1cc(Br)c(OCc2ccc([N+](=O)[O-])cc2)c([N+](=O)[O-])c1. The van der Waals surface area contributed by atoms with Crippen molar-refractivity contribution in [2.45, 2.75) is 26.5 Å². The van der Waals surface area contributed by atoms with Gasteiger partial charge < -0.3 is 24.8 Å². The summed E-state index contributed by atoms with van der Waals surface area (Å²) in [6.07, 6.45) is 1.21. The molecule has 3 aromatic rings. The molecule has 47 heavy (non-hydrogen) atoms. The largest absolute Gasteiger partial charge is 0.483 e. The third kappa shape index (κ3) is 8.86. The predicted octanol–water partition coefficient (Wildman–Crippen LogP) is 4.73. The number of halogens is 1. The van der Waals surface area contributed by atoms with E-state index in [0.717, 1.165) is 0 Å². The molecule has 244 valence electrons. The number of nitrogens with one attached hydrogen (secondary N) is 3. The van der Waals surface area contributed by atoms with Crippen molar-refractivity contribution in [3.8, 4) is 11.5 Å². The molecule has 0 fully saturated rings. The quantitative estimate of drug-likeness (QED) is 0.0721. The number of allylic oxidation sites excluding steroid dienone is 1. The Labute approximate surface area is 281 Å². The maximum absolute atomic E-state index is 12.7. The molecule has 3 aromatic carbocycles. The van der Waals surface area contributed by atoms with E-state index in [1.54, 1.807) is 38.1 Å². The van der Waals surface area contributed by atoms with Gasteiger partial charge in [0.05, 0.1) is 38.8 Å². The Morgan fingerprint density at radius 2 is 1.81 bits per heavy atom. The second-order valence-corrected chi connectivity index (χ2v) is 11.0. The number of nitrogens with zero attached hydrogens (tertiary/aromatic N) is 3. The van der Waals surface area contributed by atoms with Gasteiger partial charge in [-0.05, 0) is 71.8 Å². The Hall–Kier alpha value is -5.42. The van der Waals surface area contributed by atoms with Crippen molar-refractivity contribution in [1.29, 1.82) is 0 Å². The number of ether oxygens (including phenoxy) is 3. The molecule has 0 aliphatic carbocycles. The molecule has 1 aliphatic heterocycles. The minimum atomic E-state index is -0.699. The topological polar surface area (TPSA) is 197 Å². The third-order valence-corrected chi connectivity index (χ3v) is 7.34. The molecule has 0 saturated carbocycles. The van der Waals surface area contributed by atoms with Gasteiger partial charge in [0.25, 0.3) is 11.6 Å². The average molecular weight is 728 g/mol. The molecular formula is C30H27BrN6O9S. The second kappa shape index (κ2) is 15.7. The fourth-order valence-electron chi connectivity index (χ4n) is 4.43. The Bertz CT molecular complexity index is 1780. The lowest BCUT2D eigenvalue weighted by atomic mass is 9.95. The van der Waals surface area contributed by atoms with E-state index in [0.29, 0.717) is 33.3 Å². The molecule has 1 amide bonds. The summed E-state index contributed by atoms with van der Waals surface area (Å²) in [6.45, 7) is 3.06. The Kier molecular flexibility index (Phi) is 11.5. The van der Waals surface area contributed by atoms with Gasteiger partial charge in [0.15, 0.2) is 11.7 Å². The molecule has 1 heterocycles. The van der Waals surface area contributed by atoms with Crippen molar-refractivity contribution in [3.05, 3.63) is 113 Å². The number of para-hydroxylation sites is 1. The lowest BCUT2D eigenvalue weighted by molar-refractivity contribution is -0.386. The normalized spacial score (nSPS) is 14.2. The van der Waals surface area contributed by atoms with Gasteiger partial charge in [-0.3, -0.25) is 25.0 Å². The van der Waals surface area contributed by atoms with Crippen LogP contribution in [0.1, 0.15) is 36.6 Å². The highest BCUT2D eigenvalue weighted by atomic mass is 79.9. The molecule has 0 bridgehead atoms. The van der Waals surface area contributed by atoms with Crippen molar-refractivity contribution < 1.29 is 33.6 Å². The average Bonchev–Trinajstić information content (AvgIpc) is 3.03. The van der Waals surface area contributed by atoms with Crippen LogP contribution < -0.4 is 25.5 Å². The number of hydrogen-bond acceptors (Lipinski definition) is 11. The van der Waals surface area contributed by atoms with Gasteiger partial charge in [0, 0.05) is 35.0 Å². The standard InChI is InChI=1S/C30H27BrN6O9S/c1-3-44-29(39)26-17(2)33-30(47)34-27(26)21-6-4-5-7-24(21)45-16-25(38)35-32-14-19-12-22(31)28(23(13-19)37(42)43)46-15-18-8-10-20(11-9-18)36(40)41/h4-14,27H,3,15-16H2,1-2H3,(H,35,38)(H2,33,34,47)/t27-/m0/s1. The van der Waals surface area contributed by atoms with Gasteiger partial charge in [0.1, 0.15) is 12.4 Å². The number of hydrogen-bond donors (Lipinski definition) is 3. The number of non-ortho nitro benzene ring substituents is 1. The Morgan fingerprint density at radius 1 is 1.09 bits per heavy atom. The van der Waals surface area contributed by atoms with Crippen molar-refractivity contribution in [2.75, 3.05) is 13.2 Å². The van der Waals surface area contributed by atoms with Crippen LogP contribution in [0.25, 0.3) is 0 Å². The summed E-state index contributed by atoms with van der Waals surface area (Å²) >= 11 is 8.56. The van der Waals surface area contributed by atoms with Gasteiger partial charge in [-0.15, -0.1) is 0 Å².